The van der Waals surface area contributed by atoms with Gasteiger partial charge >= 0.3 is 0 Å². The number of nitrogens with one attached hydrogen (secondary N) is 2. The molecule has 0 amide bonds. The Morgan fingerprint density at radius 3 is 2.91 bits per heavy atom. The van der Waals surface area contributed by atoms with Crippen LogP contribution in [0.2, 0.25) is 0 Å². The maximum Gasteiger partial charge on any atom is 0.243 e. The van der Waals surface area contributed by atoms with Crippen molar-refractivity contribution in [2.24, 2.45) is 5.92 Å². The van der Waals surface area contributed by atoms with E-state index in [4.69, 9.17) is 9.84 Å². The molecule has 1 aliphatic heterocycles. The predicted molar refractivity (Wildman–Crippen MR) is 125 cm³/mol. The Morgan fingerprint density at radius 1 is 1.36 bits per heavy atom. The topological polar surface area (TPSA) is 138 Å². The third-order valence-electron chi connectivity index (χ3n) is 5.95. The lowest BCUT2D eigenvalue weighted by molar-refractivity contribution is 0.259. The lowest BCUT2D eigenvalue weighted by Gasteiger charge is -2.36. The van der Waals surface area contributed by atoms with Gasteiger partial charge in [-0.3, -0.25) is 5.10 Å². The first-order valence-electron chi connectivity index (χ1n) is 11.3. The number of fused-ring (bicyclic) bond motifs is 1. The maximum atomic E-state index is 12.6. The molecule has 3 aromatic heterocycles. The van der Waals surface area contributed by atoms with Crippen LogP contribution in [0.1, 0.15) is 33.1 Å². The summed E-state index contributed by atoms with van der Waals surface area (Å²) in [7, 11) is -3.31. The first kappa shape index (κ1) is 23.5. The summed E-state index contributed by atoms with van der Waals surface area (Å²) in [6.07, 6.45) is 7.00. The molecule has 0 unspecified atom stereocenters. The van der Waals surface area contributed by atoms with Crippen LogP contribution in [0.15, 0.2) is 24.7 Å². The minimum absolute atomic E-state index is 0.0124. The van der Waals surface area contributed by atoms with Crippen molar-refractivity contribution in [1.82, 2.24) is 29.1 Å². The van der Waals surface area contributed by atoms with E-state index < -0.39 is 10.0 Å². The Kier molecular flexibility index (Phi) is 7.15. The van der Waals surface area contributed by atoms with Gasteiger partial charge in [0, 0.05) is 49.3 Å². The second kappa shape index (κ2) is 10.1. The molecular formula is C21H31N7O4S. The number of anilines is 1. The summed E-state index contributed by atoms with van der Waals surface area (Å²) in [5.41, 5.74) is 2.39. The van der Waals surface area contributed by atoms with Crippen molar-refractivity contribution in [3.05, 3.63) is 24.7 Å². The highest BCUT2D eigenvalue weighted by Crippen LogP contribution is 2.33. The zero-order chi connectivity index (χ0) is 23.4. The fourth-order valence-corrected chi connectivity index (χ4v) is 5.84. The number of H-pyrrole nitrogens is 1. The third-order valence-corrected chi connectivity index (χ3v) is 7.87. The molecule has 11 nitrogen and oxygen atoms in total. The average molecular weight is 478 g/mol. The predicted octanol–water partition coefficient (Wildman–Crippen LogP) is 1.74. The van der Waals surface area contributed by atoms with Crippen molar-refractivity contribution in [2.75, 3.05) is 37.4 Å². The number of aliphatic hydroxyl groups is 1. The Hall–Kier alpha value is -2.70. The van der Waals surface area contributed by atoms with Crippen molar-refractivity contribution in [3.63, 3.8) is 0 Å². The Balaban J connectivity index is 1.49. The Morgan fingerprint density at radius 2 is 2.21 bits per heavy atom. The molecule has 0 spiro atoms. The van der Waals surface area contributed by atoms with E-state index >= 15 is 0 Å². The summed E-state index contributed by atoms with van der Waals surface area (Å²) >= 11 is 0. The number of hydrogen-bond acceptors (Lipinski definition) is 8. The van der Waals surface area contributed by atoms with Crippen LogP contribution in [0.5, 0.6) is 5.75 Å². The minimum Gasteiger partial charge on any atom is -0.489 e. The van der Waals surface area contributed by atoms with Gasteiger partial charge in [-0.25, -0.2) is 17.2 Å². The van der Waals surface area contributed by atoms with E-state index in [1.807, 2.05) is 26.1 Å². The minimum atomic E-state index is -3.31. The van der Waals surface area contributed by atoms with Crippen molar-refractivity contribution in [1.29, 1.82) is 0 Å². The van der Waals surface area contributed by atoms with Crippen molar-refractivity contribution >= 4 is 21.6 Å². The van der Waals surface area contributed by atoms with E-state index in [-0.39, 0.29) is 24.3 Å². The van der Waals surface area contributed by atoms with Crippen LogP contribution in [-0.4, -0.2) is 80.7 Å². The zero-order valence-corrected chi connectivity index (χ0v) is 19.8. The number of aromatic amines is 1. The lowest BCUT2D eigenvalue weighted by atomic mass is 9.95. The smallest absolute Gasteiger partial charge is 0.243 e. The van der Waals surface area contributed by atoms with Crippen molar-refractivity contribution in [2.45, 2.75) is 39.2 Å². The third kappa shape index (κ3) is 5.12. The fourth-order valence-electron chi connectivity index (χ4n) is 4.16. The van der Waals surface area contributed by atoms with Gasteiger partial charge in [0.15, 0.2) is 11.4 Å². The van der Waals surface area contributed by atoms with Crippen molar-refractivity contribution in [3.8, 4) is 16.9 Å². The van der Waals surface area contributed by atoms with Crippen LogP contribution >= 0.6 is 0 Å². The van der Waals surface area contributed by atoms with E-state index in [9.17, 15) is 8.42 Å². The number of aromatic nitrogens is 5. The number of ether oxygens (including phenoxy) is 1. The molecule has 4 rings (SSSR count). The normalized spacial score (nSPS) is 19.7. The van der Waals surface area contributed by atoms with E-state index in [1.54, 1.807) is 21.2 Å². The second-order valence-electron chi connectivity index (χ2n) is 8.30. The maximum absolute atomic E-state index is 12.6. The van der Waals surface area contributed by atoms with Crippen LogP contribution in [-0.2, 0) is 10.0 Å². The monoisotopic (exact) mass is 477 g/mol. The van der Waals surface area contributed by atoms with Crippen molar-refractivity contribution < 1.29 is 18.3 Å². The highest BCUT2D eigenvalue weighted by molar-refractivity contribution is 7.89. The van der Waals surface area contributed by atoms with Gasteiger partial charge in [-0.05, 0) is 38.2 Å². The fraction of sp³-hybridized carbons (Fsp3) is 0.571. The lowest BCUT2D eigenvalue weighted by Crippen LogP contribution is -2.48. The summed E-state index contributed by atoms with van der Waals surface area (Å²) in [5, 5.41) is 23.7. The highest BCUT2D eigenvalue weighted by atomic mass is 32.2. The van der Waals surface area contributed by atoms with E-state index in [0.717, 1.165) is 11.1 Å². The van der Waals surface area contributed by atoms with Gasteiger partial charge in [-0.2, -0.15) is 10.1 Å². The van der Waals surface area contributed by atoms with Gasteiger partial charge in [-0.1, -0.05) is 6.92 Å². The number of hydrogen-bond donors (Lipinski definition) is 3. The highest BCUT2D eigenvalue weighted by Gasteiger charge is 2.33. The Bertz CT molecular complexity index is 1160. The largest absolute Gasteiger partial charge is 0.489 e. The van der Waals surface area contributed by atoms with Crippen LogP contribution < -0.4 is 10.1 Å². The van der Waals surface area contributed by atoms with E-state index in [1.165, 1.54) is 0 Å². The molecule has 180 valence electrons. The molecule has 4 heterocycles. The standard InChI is InChI=1S/C21H31N7O4S/c1-3-32-19-17(16-12-22-23-13-16)6-9-28-20(19)25-21(26-28)24-18-7-8-27(14-15(18)2)33(30,31)11-5-4-10-29/h6,9,12-13,15,18,29H,3-5,7-8,10-11,14H2,1-2H3,(H,22,23)(H,24,26)/t15-,18+/m1/s1. The summed E-state index contributed by atoms with van der Waals surface area (Å²) < 4.78 is 34.3. The van der Waals surface area contributed by atoms with Crippen LogP contribution in [0.3, 0.4) is 0 Å². The average Bonchev–Trinajstić information content (AvgIpc) is 3.45. The number of nitrogens with zero attached hydrogens (tertiary/aromatic N) is 5. The number of sulfonamides is 1. The summed E-state index contributed by atoms with van der Waals surface area (Å²) in [6, 6.07) is 1.97. The molecule has 33 heavy (non-hydrogen) atoms. The Labute approximate surface area is 193 Å². The second-order valence-corrected chi connectivity index (χ2v) is 10.4. The zero-order valence-electron chi connectivity index (χ0n) is 18.9. The van der Waals surface area contributed by atoms with E-state index in [2.05, 4.69) is 25.6 Å². The quantitative estimate of drug-likeness (QED) is 0.376. The molecule has 0 radical (unpaired) electrons. The first-order valence-corrected chi connectivity index (χ1v) is 12.9. The molecule has 0 bridgehead atoms. The molecule has 2 atom stereocenters. The summed E-state index contributed by atoms with van der Waals surface area (Å²) in [5.74, 6) is 1.28. The summed E-state index contributed by atoms with van der Waals surface area (Å²) in [6.45, 7) is 5.35. The number of aliphatic hydroxyl groups excluding tert-OH is 1. The van der Waals surface area contributed by atoms with Gasteiger partial charge in [0.2, 0.25) is 16.0 Å². The van der Waals surface area contributed by atoms with Gasteiger partial charge < -0.3 is 15.2 Å². The summed E-state index contributed by atoms with van der Waals surface area (Å²) in [4.78, 5) is 4.68. The molecule has 3 aromatic rings. The van der Waals surface area contributed by atoms with Gasteiger partial charge in [0.25, 0.3) is 0 Å². The van der Waals surface area contributed by atoms with Gasteiger partial charge in [0.1, 0.15) is 0 Å². The molecule has 0 aliphatic carbocycles. The first-order chi connectivity index (χ1) is 15.9. The molecule has 3 N–H and O–H groups in total. The van der Waals surface area contributed by atoms with Crippen LogP contribution in [0, 0.1) is 5.92 Å². The van der Waals surface area contributed by atoms with E-state index in [0.29, 0.717) is 56.3 Å². The number of rotatable bonds is 10. The number of pyridine rings is 1. The molecule has 0 aromatic carbocycles. The molecule has 0 saturated carbocycles. The SMILES string of the molecule is CCOc1c(-c2cn[nH]c2)ccn2nc(N[C@H]3CCN(S(=O)(=O)CCCCO)C[C@H]3C)nc12. The molecule has 12 heteroatoms. The van der Waals surface area contributed by atoms with Crippen LogP contribution in [0.25, 0.3) is 16.8 Å². The van der Waals surface area contributed by atoms with Gasteiger partial charge in [-0.15, -0.1) is 5.10 Å². The van der Waals surface area contributed by atoms with Gasteiger partial charge in [0.05, 0.1) is 18.6 Å². The molecular weight excluding hydrogens is 446 g/mol. The number of piperidine rings is 1. The molecule has 1 saturated heterocycles. The van der Waals surface area contributed by atoms with Crippen LogP contribution in [0.4, 0.5) is 5.95 Å². The number of unbranched alkanes of at least 4 members (excludes halogenated alkanes) is 1. The molecule has 1 fully saturated rings. The molecule has 1 aliphatic rings.